The van der Waals surface area contributed by atoms with Crippen LogP contribution >= 0.6 is 0 Å². The van der Waals surface area contributed by atoms with Crippen LogP contribution in [0.15, 0.2) is 0 Å². The van der Waals surface area contributed by atoms with Crippen molar-refractivity contribution in [3.63, 3.8) is 0 Å². The van der Waals surface area contributed by atoms with Crippen LogP contribution in [0.25, 0.3) is 0 Å². The van der Waals surface area contributed by atoms with E-state index in [0.29, 0.717) is 5.41 Å². The number of hydrogen-bond acceptors (Lipinski definition) is 1. The Kier molecular flexibility index (Phi) is 2.23. The maximum atomic E-state index is 4.06. The molecule has 5 rings (SSSR count). The summed E-state index contributed by atoms with van der Waals surface area (Å²) in [6.45, 7) is 4.92. The van der Waals surface area contributed by atoms with Gasteiger partial charge in [0.15, 0.2) is 0 Å². The van der Waals surface area contributed by atoms with Gasteiger partial charge in [0.05, 0.1) is 0 Å². The van der Waals surface area contributed by atoms with Crippen LogP contribution in [0.5, 0.6) is 0 Å². The van der Waals surface area contributed by atoms with E-state index < -0.39 is 0 Å². The lowest BCUT2D eigenvalue weighted by molar-refractivity contribution is -0.0197. The Labute approximate surface area is 106 Å². The molecule has 0 spiro atoms. The smallest absolute Gasteiger partial charge is 0.0127 e. The van der Waals surface area contributed by atoms with E-state index in [0.717, 1.165) is 35.8 Å². The largest absolute Gasteiger partial charge is 0.310 e. The lowest BCUT2D eigenvalue weighted by atomic mass is 9.54. The topological polar surface area (TPSA) is 12.0 Å². The SMILES string of the molecule is CC(NC1C2CC3CC(C2)CC1C3)C1(C)CC1. The van der Waals surface area contributed by atoms with Crippen molar-refractivity contribution in [2.45, 2.75) is 70.9 Å². The highest BCUT2D eigenvalue weighted by Gasteiger charge is 2.50. The second kappa shape index (κ2) is 3.50. The van der Waals surface area contributed by atoms with Crippen LogP contribution in [0.2, 0.25) is 0 Å². The van der Waals surface area contributed by atoms with Gasteiger partial charge in [0.1, 0.15) is 0 Å². The summed E-state index contributed by atoms with van der Waals surface area (Å²) in [6.07, 6.45) is 10.7. The van der Waals surface area contributed by atoms with Crippen molar-refractivity contribution in [1.29, 1.82) is 0 Å². The summed E-state index contributed by atoms with van der Waals surface area (Å²) in [4.78, 5) is 0. The maximum absolute atomic E-state index is 4.06. The van der Waals surface area contributed by atoms with Gasteiger partial charge in [-0.3, -0.25) is 0 Å². The van der Waals surface area contributed by atoms with Crippen LogP contribution in [0, 0.1) is 29.1 Å². The minimum Gasteiger partial charge on any atom is -0.310 e. The van der Waals surface area contributed by atoms with E-state index in [2.05, 4.69) is 19.2 Å². The molecule has 5 fully saturated rings. The molecule has 0 aromatic carbocycles. The number of rotatable bonds is 3. The molecule has 0 aromatic rings. The maximum Gasteiger partial charge on any atom is 0.0127 e. The summed E-state index contributed by atoms with van der Waals surface area (Å²) in [5.74, 6) is 4.30. The molecule has 1 unspecified atom stereocenters. The molecule has 0 heterocycles. The summed E-state index contributed by atoms with van der Waals surface area (Å²) < 4.78 is 0. The first-order valence-electron chi connectivity index (χ1n) is 7.90. The molecule has 1 heteroatoms. The van der Waals surface area contributed by atoms with Gasteiger partial charge in [-0.15, -0.1) is 0 Å². The van der Waals surface area contributed by atoms with Crippen molar-refractivity contribution >= 4 is 0 Å². The van der Waals surface area contributed by atoms with Crippen molar-refractivity contribution < 1.29 is 0 Å². The van der Waals surface area contributed by atoms with Crippen LogP contribution in [0.1, 0.15) is 58.8 Å². The standard InChI is InChI=1S/C16H27N/c1-10(16(2)3-4-16)17-15-13-6-11-5-12(8-13)9-14(15)7-11/h10-15,17H,3-9H2,1-2H3. The Balaban J connectivity index is 1.47. The first-order chi connectivity index (χ1) is 8.14. The predicted molar refractivity (Wildman–Crippen MR) is 70.8 cm³/mol. The van der Waals surface area contributed by atoms with Crippen LogP contribution in [0.4, 0.5) is 0 Å². The van der Waals surface area contributed by atoms with E-state index in [1.54, 1.807) is 32.1 Å². The zero-order chi connectivity index (χ0) is 11.6. The fourth-order valence-corrected chi connectivity index (χ4v) is 5.32. The summed E-state index contributed by atoms with van der Waals surface area (Å²) in [7, 11) is 0. The highest BCUT2D eigenvalue weighted by atomic mass is 15.0. The monoisotopic (exact) mass is 233 g/mol. The van der Waals surface area contributed by atoms with Gasteiger partial charge in [-0.1, -0.05) is 6.92 Å². The average Bonchev–Trinajstić information content (AvgIpc) is 3.02. The van der Waals surface area contributed by atoms with E-state index in [1.165, 1.54) is 12.8 Å². The molecule has 0 aromatic heterocycles. The minimum atomic E-state index is 0.647. The average molecular weight is 233 g/mol. The van der Waals surface area contributed by atoms with E-state index >= 15 is 0 Å². The highest BCUT2D eigenvalue weighted by Crippen LogP contribution is 2.55. The fourth-order valence-electron chi connectivity index (χ4n) is 5.32. The van der Waals surface area contributed by atoms with Gasteiger partial charge in [-0.25, -0.2) is 0 Å². The summed E-state index contributed by atoms with van der Waals surface area (Å²) in [5.41, 5.74) is 0.647. The van der Waals surface area contributed by atoms with Crippen LogP contribution < -0.4 is 5.32 Å². The molecule has 0 amide bonds. The molecule has 0 radical (unpaired) electrons. The summed E-state index contributed by atoms with van der Waals surface area (Å²) in [5, 5.41) is 4.06. The second-order valence-corrected chi connectivity index (χ2v) is 8.00. The highest BCUT2D eigenvalue weighted by molar-refractivity contribution is 5.04. The first-order valence-corrected chi connectivity index (χ1v) is 7.90. The molecule has 0 saturated heterocycles. The molecule has 0 aliphatic heterocycles. The molecule has 5 aliphatic rings. The quantitative estimate of drug-likeness (QED) is 0.785. The summed E-state index contributed by atoms with van der Waals surface area (Å²) in [6, 6.07) is 1.64. The lowest BCUT2D eigenvalue weighted by Crippen LogP contribution is -2.57. The summed E-state index contributed by atoms with van der Waals surface area (Å²) >= 11 is 0. The molecule has 5 saturated carbocycles. The fraction of sp³-hybridized carbons (Fsp3) is 1.00. The number of nitrogens with one attached hydrogen (secondary N) is 1. The second-order valence-electron chi connectivity index (χ2n) is 8.00. The third-order valence-corrected chi connectivity index (χ3v) is 6.75. The molecule has 17 heavy (non-hydrogen) atoms. The van der Waals surface area contributed by atoms with Crippen LogP contribution in [0.3, 0.4) is 0 Å². The van der Waals surface area contributed by atoms with Crippen molar-refractivity contribution in [2.75, 3.05) is 0 Å². The first kappa shape index (κ1) is 10.8. The Morgan fingerprint density at radius 3 is 1.94 bits per heavy atom. The Hall–Kier alpha value is -0.0400. The van der Waals surface area contributed by atoms with E-state index in [4.69, 9.17) is 0 Å². The van der Waals surface area contributed by atoms with Gasteiger partial charge in [0.2, 0.25) is 0 Å². The molecule has 5 aliphatic carbocycles. The van der Waals surface area contributed by atoms with Gasteiger partial charge in [0, 0.05) is 12.1 Å². The zero-order valence-corrected chi connectivity index (χ0v) is 11.4. The lowest BCUT2D eigenvalue weighted by Gasteiger charge is -2.55. The van der Waals surface area contributed by atoms with E-state index in [-0.39, 0.29) is 0 Å². The molecule has 96 valence electrons. The van der Waals surface area contributed by atoms with E-state index in [9.17, 15) is 0 Å². The van der Waals surface area contributed by atoms with Gasteiger partial charge in [-0.05, 0) is 81.0 Å². The van der Waals surface area contributed by atoms with Crippen molar-refractivity contribution in [1.82, 2.24) is 5.32 Å². The van der Waals surface area contributed by atoms with Crippen molar-refractivity contribution in [3.8, 4) is 0 Å². The molecule has 4 bridgehead atoms. The van der Waals surface area contributed by atoms with Gasteiger partial charge in [0.25, 0.3) is 0 Å². The molecular weight excluding hydrogens is 206 g/mol. The van der Waals surface area contributed by atoms with E-state index in [1.807, 2.05) is 0 Å². The van der Waals surface area contributed by atoms with Crippen LogP contribution in [-0.2, 0) is 0 Å². The zero-order valence-electron chi connectivity index (χ0n) is 11.4. The minimum absolute atomic E-state index is 0.647. The van der Waals surface area contributed by atoms with Crippen molar-refractivity contribution in [2.24, 2.45) is 29.1 Å². The predicted octanol–water partition coefficient (Wildman–Crippen LogP) is 3.59. The van der Waals surface area contributed by atoms with Gasteiger partial charge >= 0.3 is 0 Å². The third-order valence-electron chi connectivity index (χ3n) is 6.75. The molecule has 1 nitrogen and oxygen atoms in total. The Morgan fingerprint density at radius 1 is 0.941 bits per heavy atom. The molecular formula is C16H27N. The van der Waals surface area contributed by atoms with Gasteiger partial charge in [-0.2, -0.15) is 0 Å². The third kappa shape index (κ3) is 1.69. The Morgan fingerprint density at radius 2 is 1.47 bits per heavy atom. The van der Waals surface area contributed by atoms with Crippen LogP contribution in [-0.4, -0.2) is 12.1 Å². The normalized spacial score (nSPS) is 51.5. The van der Waals surface area contributed by atoms with Gasteiger partial charge < -0.3 is 5.32 Å². The number of hydrogen-bond donors (Lipinski definition) is 1. The Bertz CT molecular complexity index is 289. The van der Waals surface area contributed by atoms with Crippen molar-refractivity contribution in [3.05, 3.63) is 0 Å². The molecule has 1 N–H and O–H groups in total. The molecule has 1 atom stereocenters.